The molecule has 2 rings (SSSR count). The summed E-state index contributed by atoms with van der Waals surface area (Å²) in [7, 11) is -3.68. The quantitative estimate of drug-likeness (QED) is 0.766. The highest BCUT2D eigenvalue weighted by molar-refractivity contribution is 7.89. The molecule has 0 aliphatic rings. The molecule has 1 aromatic heterocycles. The Kier molecular flexibility index (Phi) is 5.07. The molecule has 0 saturated carbocycles. The predicted octanol–water partition coefficient (Wildman–Crippen LogP) is 2.24. The Labute approximate surface area is 128 Å². The van der Waals surface area contributed by atoms with E-state index < -0.39 is 10.0 Å². The standard InChI is InChI=1S/C14H15N3O2S2/c1-3-5-11-17(4-2)21(18,19)14-13(20-16-15-14)12-9-7-6-8-10-12/h1,6-10H,4-5,11H2,2H3. The van der Waals surface area contributed by atoms with Gasteiger partial charge in [0.05, 0.1) is 4.88 Å². The number of sulfonamides is 1. The molecule has 0 aliphatic heterocycles. The van der Waals surface area contributed by atoms with Gasteiger partial charge in [0, 0.05) is 19.5 Å². The van der Waals surface area contributed by atoms with Crippen molar-refractivity contribution in [2.45, 2.75) is 18.4 Å². The van der Waals surface area contributed by atoms with Crippen LogP contribution in [0.2, 0.25) is 0 Å². The van der Waals surface area contributed by atoms with Crippen LogP contribution >= 0.6 is 11.5 Å². The Bertz CT molecular complexity index is 733. The van der Waals surface area contributed by atoms with E-state index in [1.807, 2.05) is 30.3 Å². The molecule has 0 fully saturated rings. The molecule has 5 nitrogen and oxygen atoms in total. The van der Waals surface area contributed by atoms with E-state index >= 15 is 0 Å². The van der Waals surface area contributed by atoms with Crippen molar-refractivity contribution in [2.75, 3.05) is 13.1 Å². The first-order valence-electron chi connectivity index (χ1n) is 6.42. The Balaban J connectivity index is 2.43. The molecule has 110 valence electrons. The maximum Gasteiger partial charge on any atom is 0.263 e. The summed E-state index contributed by atoms with van der Waals surface area (Å²) in [6, 6.07) is 9.25. The Morgan fingerprint density at radius 3 is 2.67 bits per heavy atom. The lowest BCUT2D eigenvalue weighted by molar-refractivity contribution is 0.433. The Morgan fingerprint density at radius 1 is 1.33 bits per heavy atom. The molecule has 1 heterocycles. The van der Waals surface area contributed by atoms with Crippen molar-refractivity contribution in [1.29, 1.82) is 0 Å². The number of benzene rings is 1. The molecule has 21 heavy (non-hydrogen) atoms. The molecule has 7 heteroatoms. The first-order chi connectivity index (χ1) is 10.1. The Morgan fingerprint density at radius 2 is 2.05 bits per heavy atom. The maximum absolute atomic E-state index is 12.7. The normalized spacial score (nSPS) is 11.5. The van der Waals surface area contributed by atoms with Crippen molar-refractivity contribution in [3.63, 3.8) is 0 Å². The van der Waals surface area contributed by atoms with E-state index in [9.17, 15) is 8.42 Å². The SMILES string of the molecule is C#CCCN(CC)S(=O)(=O)c1nnsc1-c1ccccc1. The van der Waals surface area contributed by atoms with Gasteiger partial charge >= 0.3 is 0 Å². The molecule has 0 aliphatic carbocycles. The molecule has 0 saturated heterocycles. The highest BCUT2D eigenvalue weighted by Crippen LogP contribution is 2.30. The van der Waals surface area contributed by atoms with Crippen LogP contribution < -0.4 is 0 Å². The third kappa shape index (κ3) is 3.29. The predicted molar refractivity (Wildman–Crippen MR) is 83.2 cm³/mol. The molecule has 0 spiro atoms. The molecular weight excluding hydrogens is 306 g/mol. The van der Waals surface area contributed by atoms with Crippen LogP contribution in [0.5, 0.6) is 0 Å². The lowest BCUT2D eigenvalue weighted by Crippen LogP contribution is -2.32. The molecule has 0 amide bonds. The van der Waals surface area contributed by atoms with Gasteiger partial charge in [-0.05, 0) is 17.1 Å². The fourth-order valence-corrected chi connectivity index (χ4v) is 4.33. The van der Waals surface area contributed by atoms with Crippen LogP contribution in [0.25, 0.3) is 10.4 Å². The minimum absolute atomic E-state index is 0.00225. The van der Waals surface area contributed by atoms with Crippen molar-refractivity contribution < 1.29 is 8.42 Å². The third-order valence-corrected chi connectivity index (χ3v) is 5.74. The second-order valence-electron chi connectivity index (χ2n) is 4.22. The van der Waals surface area contributed by atoms with Crippen LogP contribution in [0.15, 0.2) is 35.4 Å². The van der Waals surface area contributed by atoms with Crippen molar-refractivity contribution in [1.82, 2.24) is 13.9 Å². The van der Waals surface area contributed by atoms with Crippen LogP contribution in [-0.4, -0.2) is 35.4 Å². The topological polar surface area (TPSA) is 63.2 Å². The van der Waals surface area contributed by atoms with Crippen molar-refractivity contribution >= 4 is 21.6 Å². The van der Waals surface area contributed by atoms with E-state index in [0.717, 1.165) is 17.1 Å². The number of aromatic nitrogens is 2. The van der Waals surface area contributed by atoms with Gasteiger partial charge in [-0.3, -0.25) is 0 Å². The second-order valence-corrected chi connectivity index (χ2v) is 6.83. The smallest absolute Gasteiger partial charge is 0.205 e. The zero-order chi connectivity index (χ0) is 15.3. The van der Waals surface area contributed by atoms with Gasteiger partial charge in [-0.1, -0.05) is 41.7 Å². The monoisotopic (exact) mass is 321 g/mol. The molecule has 2 aromatic rings. The minimum Gasteiger partial charge on any atom is -0.205 e. The van der Waals surface area contributed by atoms with E-state index in [0.29, 0.717) is 17.8 Å². The highest BCUT2D eigenvalue weighted by atomic mass is 32.2. The lowest BCUT2D eigenvalue weighted by atomic mass is 10.2. The number of nitrogens with zero attached hydrogens (tertiary/aromatic N) is 3. The van der Waals surface area contributed by atoms with Gasteiger partial charge in [-0.2, -0.15) is 4.31 Å². The average molecular weight is 321 g/mol. The number of rotatable bonds is 6. The summed E-state index contributed by atoms with van der Waals surface area (Å²) >= 11 is 1.07. The summed E-state index contributed by atoms with van der Waals surface area (Å²) in [5, 5.41) is 3.83. The van der Waals surface area contributed by atoms with E-state index in [2.05, 4.69) is 15.5 Å². The molecule has 1 aromatic carbocycles. The summed E-state index contributed by atoms with van der Waals surface area (Å²) < 4.78 is 30.5. The first kappa shape index (κ1) is 15.6. The van der Waals surface area contributed by atoms with Gasteiger partial charge in [-0.15, -0.1) is 17.4 Å². The number of hydrogen-bond acceptors (Lipinski definition) is 5. The number of hydrogen-bond donors (Lipinski definition) is 0. The van der Waals surface area contributed by atoms with E-state index in [4.69, 9.17) is 6.42 Å². The fraction of sp³-hybridized carbons (Fsp3) is 0.286. The van der Waals surface area contributed by atoms with Gasteiger partial charge in [0.1, 0.15) is 0 Å². The van der Waals surface area contributed by atoms with Crippen molar-refractivity contribution in [3.05, 3.63) is 30.3 Å². The lowest BCUT2D eigenvalue weighted by Gasteiger charge is -2.18. The maximum atomic E-state index is 12.7. The minimum atomic E-state index is -3.68. The van der Waals surface area contributed by atoms with Gasteiger partial charge in [0.2, 0.25) is 5.03 Å². The summed E-state index contributed by atoms with van der Waals surface area (Å²) in [6.45, 7) is 2.40. The van der Waals surface area contributed by atoms with Gasteiger partial charge in [0.25, 0.3) is 10.0 Å². The third-order valence-electron chi connectivity index (χ3n) is 2.94. The van der Waals surface area contributed by atoms with Crippen LogP contribution in [0.1, 0.15) is 13.3 Å². The van der Waals surface area contributed by atoms with E-state index in [1.165, 1.54) is 4.31 Å². The zero-order valence-electron chi connectivity index (χ0n) is 11.6. The average Bonchev–Trinajstić information content (AvgIpc) is 2.99. The van der Waals surface area contributed by atoms with Gasteiger partial charge in [0.15, 0.2) is 0 Å². The molecule has 0 unspecified atom stereocenters. The molecule has 0 radical (unpaired) electrons. The summed E-state index contributed by atoms with van der Waals surface area (Å²) in [6.07, 6.45) is 5.58. The first-order valence-corrected chi connectivity index (χ1v) is 8.64. The van der Waals surface area contributed by atoms with Crippen LogP contribution in [0.3, 0.4) is 0 Å². The molecule has 0 N–H and O–H groups in total. The van der Waals surface area contributed by atoms with Gasteiger partial charge in [-0.25, -0.2) is 8.42 Å². The summed E-state index contributed by atoms with van der Waals surface area (Å²) in [5.41, 5.74) is 0.791. The zero-order valence-corrected chi connectivity index (χ0v) is 13.2. The second kappa shape index (κ2) is 6.80. The van der Waals surface area contributed by atoms with E-state index in [-0.39, 0.29) is 11.6 Å². The summed E-state index contributed by atoms with van der Waals surface area (Å²) in [4.78, 5) is 0.551. The van der Waals surface area contributed by atoms with Crippen LogP contribution in [0, 0.1) is 12.3 Å². The van der Waals surface area contributed by atoms with Gasteiger partial charge < -0.3 is 0 Å². The Hall–Kier alpha value is -1.75. The molecular formula is C14H15N3O2S2. The largest absolute Gasteiger partial charge is 0.263 e. The van der Waals surface area contributed by atoms with Crippen molar-refractivity contribution in [2.24, 2.45) is 0 Å². The van der Waals surface area contributed by atoms with Crippen molar-refractivity contribution in [3.8, 4) is 22.8 Å². The van der Waals surface area contributed by atoms with E-state index in [1.54, 1.807) is 6.92 Å². The van der Waals surface area contributed by atoms with Crippen LogP contribution in [0.4, 0.5) is 0 Å². The summed E-state index contributed by atoms with van der Waals surface area (Å²) in [5.74, 6) is 2.46. The highest BCUT2D eigenvalue weighted by Gasteiger charge is 2.29. The van der Waals surface area contributed by atoms with Crippen LogP contribution in [-0.2, 0) is 10.0 Å². The number of terminal acetylenes is 1. The fourth-order valence-electron chi connectivity index (χ4n) is 1.88. The molecule has 0 atom stereocenters. The molecule has 0 bridgehead atoms.